The number of nitrogens with one attached hydrogen (secondary N) is 1. The highest BCUT2D eigenvalue weighted by Crippen LogP contribution is 2.37. The Kier molecular flexibility index (Phi) is 5.06. The zero-order chi connectivity index (χ0) is 18.6. The average molecular weight is 359 g/mol. The van der Waals surface area contributed by atoms with Gasteiger partial charge in [-0.05, 0) is 30.2 Å². The maximum absolute atomic E-state index is 13.2. The minimum absolute atomic E-state index is 0.0323. The monoisotopic (exact) mass is 359 g/mol. The summed E-state index contributed by atoms with van der Waals surface area (Å²) in [5.41, 5.74) is 0.706. The molecule has 134 valence electrons. The number of ether oxygens (including phenoxy) is 1. The molecule has 0 saturated carbocycles. The van der Waals surface area contributed by atoms with Crippen LogP contribution in [0.1, 0.15) is 18.1 Å². The van der Waals surface area contributed by atoms with Crippen LogP contribution in [0.15, 0.2) is 60.8 Å². The second-order valence-electron chi connectivity index (χ2n) is 5.46. The summed E-state index contributed by atoms with van der Waals surface area (Å²) in [6.45, 7) is 1.98. The topological polar surface area (TPSA) is 47.0 Å². The molecular weight excluding hydrogens is 343 g/mol. The van der Waals surface area contributed by atoms with Gasteiger partial charge in [0.25, 0.3) is 0 Å². The first-order valence-corrected chi connectivity index (χ1v) is 7.99. The van der Waals surface area contributed by atoms with Crippen LogP contribution in [0.4, 0.5) is 24.8 Å². The Morgan fingerprint density at radius 2 is 1.69 bits per heavy atom. The van der Waals surface area contributed by atoms with Crippen molar-refractivity contribution in [1.82, 2.24) is 9.97 Å². The molecule has 0 aliphatic carbocycles. The molecule has 0 spiro atoms. The van der Waals surface area contributed by atoms with Crippen molar-refractivity contribution in [3.05, 3.63) is 71.9 Å². The van der Waals surface area contributed by atoms with Crippen molar-refractivity contribution < 1.29 is 17.9 Å². The van der Waals surface area contributed by atoms with Crippen LogP contribution < -0.4 is 10.1 Å². The third kappa shape index (κ3) is 4.11. The van der Waals surface area contributed by atoms with Gasteiger partial charge in [0.05, 0.1) is 0 Å². The molecule has 3 rings (SSSR count). The number of halogens is 3. The van der Waals surface area contributed by atoms with Gasteiger partial charge in [-0.1, -0.05) is 43.3 Å². The van der Waals surface area contributed by atoms with E-state index in [1.807, 2.05) is 31.2 Å². The Labute approximate surface area is 148 Å². The lowest BCUT2D eigenvalue weighted by molar-refractivity contribution is -0.139. The van der Waals surface area contributed by atoms with E-state index in [0.29, 0.717) is 0 Å². The largest absolute Gasteiger partial charge is 0.438 e. The molecule has 3 aromatic rings. The summed E-state index contributed by atoms with van der Waals surface area (Å²) < 4.78 is 45.1. The van der Waals surface area contributed by atoms with Crippen molar-refractivity contribution >= 4 is 11.6 Å². The number of anilines is 2. The Morgan fingerprint density at radius 1 is 1.00 bits per heavy atom. The second kappa shape index (κ2) is 7.43. The number of para-hydroxylation sites is 2. The van der Waals surface area contributed by atoms with Gasteiger partial charge >= 0.3 is 6.18 Å². The lowest BCUT2D eigenvalue weighted by atomic mass is 10.1. The highest BCUT2D eigenvalue weighted by molar-refractivity contribution is 5.59. The molecule has 0 bridgehead atoms. The molecule has 4 nitrogen and oxygen atoms in total. The van der Waals surface area contributed by atoms with Crippen LogP contribution in [0.3, 0.4) is 0 Å². The second-order valence-corrected chi connectivity index (χ2v) is 5.46. The van der Waals surface area contributed by atoms with E-state index in [9.17, 15) is 13.2 Å². The minimum Gasteiger partial charge on any atom is -0.438 e. The first-order valence-electron chi connectivity index (χ1n) is 7.99. The third-order valence-electron chi connectivity index (χ3n) is 3.66. The van der Waals surface area contributed by atoms with E-state index in [1.165, 1.54) is 0 Å². The fourth-order valence-corrected chi connectivity index (χ4v) is 2.37. The van der Waals surface area contributed by atoms with Crippen LogP contribution in [0.2, 0.25) is 0 Å². The van der Waals surface area contributed by atoms with E-state index < -0.39 is 17.6 Å². The molecule has 1 heterocycles. The van der Waals surface area contributed by atoms with Crippen molar-refractivity contribution in [3.8, 4) is 11.6 Å². The van der Waals surface area contributed by atoms with Gasteiger partial charge in [0, 0.05) is 11.9 Å². The van der Waals surface area contributed by atoms with Crippen molar-refractivity contribution in [2.45, 2.75) is 19.5 Å². The molecule has 2 aromatic carbocycles. The average Bonchev–Trinajstić information content (AvgIpc) is 2.62. The summed E-state index contributed by atoms with van der Waals surface area (Å²) in [6, 6.07) is 15.6. The van der Waals surface area contributed by atoms with E-state index in [-0.39, 0.29) is 11.7 Å². The fourth-order valence-electron chi connectivity index (χ4n) is 2.37. The van der Waals surface area contributed by atoms with Crippen molar-refractivity contribution in [2.24, 2.45) is 0 Å². The van der Waals surface area contributed by atoms with Gasteiger partial charge in [-0.3, -0.25) is 0 Å². The number of aryl methyl sites for hydroxylation is 1. The van der Waals surface area contributed by atoms with E-state index in [0.717, 1.165) is 23.9 Å². The Balaban J connectivity index is 1.96. The predicted octanol–water partition coefficient (Wildman–Crippen LogP) is 5.59. The molecule has 0 radical (unpaired) electrons. The van der Waals surface area contributed by atoms with Crippen molar-refractivity contribution in [2.75, 3.05) is 5.32 Å². The summed E-state index contributed by atoms with van der Waals surface area (Å²) in [4.78, 5) is 7.74. The molecule has 0 aliphatic rings. The highest BCUT2D eigenvalue weighted by Gasteiger charge is 2.36. The molecule has 26 heavy (non-hydrogen) atoms. The molecule has 1 N–H and O–H groups in total. The predicted molar refractivity (Wildman–Crippen MR) is 92.7 cm³/mol. The Morgan fingerprint density at radius 3 is 2.38 bits per heavy atom. The summed E-state index contributed by atoms with van der Waals surface area (Å²) >= 11 is 0. The summed E-state index contributed by atoms with van der Waals surface area (Å²) in [5, 5.41) is 2.96. The van der Waals surface area contributed by atoms with Crippen LogP contribution in [-0.2, 0) is 12.6 Å². The Bertz CT molecular complexity index is 883. The summed E-state index contributed by atoms with van der Waals surface area (Å²) in [5.74, 6) is -0.253. The lowest BCUT2D eigenvalue weighted by Crippen LogP contribution is -2.11. The van der Waals surface area contributed by atoms with Crippen molar-refractivity contribution in [3.63, 3.8) is 0 Å². The van der Waals surface area contributed by atoms with Gasteiger partial charge in [-0.15, -0.1) is 0 Å². The quantitative estimate of drug-likeness (QED) is 0.645. The minimum atomic E-state index is -4.62. The van der Waals surface area contributed by atoms with Gasteiger partial charge in [0.15, 0.2) is 0 Å². The molecule has 0 fully saturated rings. The number of rotatable bonds is 5. The standard InChI is InChI=1S/C19H16F3N3O/c1-2-13-8-6-7-11-16(13)24-18-23-12-15(19(20,21)22)17(25-18)26-14-9-4-3-5-10-14/h3-12H,2H2,1H3,(H,23,24,25). The summed E-state index contributed by atoms with van der Waals surface area (Å²) in [7, 11) is 0. The van der Waals surface area contributed by atoms with Crippen LogP contribution in [-0.4, -0.2) is 9.97 Å². The van der Waals surface area contributed by atoms with E-state index in [4.69, 9.17) is 4.74 Å². The zero-order valence-electron chi connectivity index (χ0n) is 13.9. The van der Waals surface area contributed by atoms with E-state index in [1.54, 1.807) is 30.3 Å². The van der Waals surface area contributed by atoms with Crippen LogP contribution in [0.25, 0.3) is 0 Å². The normalized spacial score (nSPS) is 11.2. The molecule has 0 saturated heterocycles. The zero-order valence-corrected chi connectivity index (χ0v) is 13.9. The molecule has 1 aromatic heterocycles. The van der Waals surface area contributed by atoms with Gasteiger partial charge < -0.3 is 10.1 Å². The number of nitrogens with zero attached hydrogens (tertiary/aromatic N) is 2. The maximum Gasteiger partial charge on any atom is 0.423 e. The SMILES string of the molecule is CCc1ccccc1Nc1ncc(C(F)(F)F)c(Oc2ccccc2)n1. The Hall–Kier alpha value is -3.09. The number of aromatic nitrogens is 2. The molecular formula is C19H16F3N3O. The van der Waals surface area contributed by atoms with Gasteiger partial charge in [0.1, 0.15) is 11.3 Å². The molecule has 0 aliphatic heterocycles. The first kappa shape index (κ1) is 17.7. The smallest absolute Gasteiger partial charge is 0.423 e. The van der Waals surface area contributed by atoms with E-state index in [2.05, 4.69) is 15.3 Å². The van der Waals surface area contributed by atoms with Crippen LogP contribution in [0.5, 0.6) is 11.6 Å². The summed E-state index contributed by atoms with van der Waals surface area (Å²) in [6.07, 6.45) is -3.14. The fraction of sp³-hybridized carbons (Fsp3) is 0.158. The number of hydrogen-bond donors (Lipinski definition) is 1. The third-order valence-corrected chi connectivity index (χ3v) is 3.66. The van der Waals surface area contributed by atoms with Crippen molar-refractivity contribution in [1.29, 1.82) is 0 Å². The first-order chi connectivity index (χ1) is 12.5. The number of alkyl halides is 3. The highest BCUT2D eigenvalue weighted by atomic mass is 19.4. The van der Waals surface area contributed by atoms with Gasteiger partial charge in [-0.25, -0.2) is 4.98 Å². The molecule has 0 atom stereocenters. The van der Waals surface area contributed by atoms with Gasteiger partial charge in [0.2, 0.25) is 11.8 Å². The van der Waals surface area contributed by atoms with Crippen LogP contribution >= 0.6 is 0 Å². The molecule has 0 unspecified atom stereocenters. The molecule has 0 amide bonds. The van der Waals surface area contributed by atoms with Gasteiger partial charge in [-0.2, -0.15) is 18.2 Å². The number of benzene rings is 2. The van der Waals surface area contributed by atoms with E-state index >= 15 is 0 Å². The number of hydrogen-bond acceptors (Lipinski definition) is 4. The lowest BCUT2D eigenvalue weighted by Gasteiger charge is -2.14. The maximum atomic E-state index is 13.2. The van der Waals surface area contributed by atoms with Crippen LogP contribution in [0, 0.1) is 0 Å². The molecule has 7 heteroatoms.